The fourth-order valence-electron chi connectivity index (χ4n) is 6.12. The number of rotatable bonds is 5. The van der Waals surface area contributed by atoms with E-state index in [2.05, 4.69) is 45.7 Å². The van der Waals surface area contributed by atoms with Crippen molar-refractivity contribution in [2.45, 2.75) is 82.5 Å². The summed E-state index contributed by atoms with van der Waals surface area (Å²) < 4.78 is 27.4. The average molecular weight is 474 g/mol. The van der Waals surface area contributed by atoms with Crippen molar-refractivity contribution < 1.29 is 13.9 Å². The molecule has 5 rings (SSSR count). The third-order valence-electron chi connectivity index (χ3n) is 8.10. The summed E-state index contributed by atoms with van der Waals surface area (Å²) in [6, 6.07) is 4.14. The van der Waals surface area contributed by atoms with Crippen molar-refractivity contribution in [2.75, 3.05) is 32.2 Å². The zero-order valence-electron chi connectivity index (χ0n) is 20.5. The van der Waals surface area contributed by atoms with Gasteiger partial charge >= 0.3 is 0 Å². The molecule has 2 fully saturated rings. The molecule has 4 aliphatic rings. The van der Waals surface area contributed by atoms with Crippen LogP contribution in [0.1, 0.15) is 63.9 Å². The highest BCUT2D eigenvalue weighted by Gasteiger charge is 2.50. The molecule has 1 aromatic rings. The molecule has 4 unspecified atom stereocenters. The first-order valence-corrected chi connectivity index (χ1v) is 13.0. The van der Waals surface area contributed by atoms with E-state index in [0.717, 1.165) is 61.5 Å². The van der Waals surface area contributed by atoms with Crippen LogP contribution in [0.25, 0.3) is 5.57 Å². The highest BCUT2D eigenvalue weighted by atomic mass is 19.1. The molecule has 0 aromatic heterocycles. The topological polar surface area (TPSA) is 78.6 Å². The molecule has 34 heavy (non-hydrogen) atoms. The van der Waals surface area contributed by atoms with Crippen molar-refractivity contribution in [3.8, 4) is 11.5 Å². The van der Waals surface area contributed by atoms with E-state index in [9.17, 15) is 0 Å². The SMILES string of the molecule is CNC1NC(Nc2cc3c(c(C4=CCNCCC4)c2)OCO3)NC(C)(C2CCCCCC2)C1F. The van der Waals surface area contributed by atoms with Crippen molar-refractivity contribution in [2.24, 2.45) is 5.92 Å². The number of allylic oxidation sites excluding steroid dienone is 1. The largest absolute Gasteiger partial charge is 0.453 e. The minimum Gasteiger partial charge on any atom is -0.453 e. The maximum atomic E-state index is 15.8. The maximum Gasteiger partial charge on any atom is 0.231 e. The molecule has 4 atom stereocenters. The van der Waals surface area contributed by atoms with Crippen LogP contribution in [-0.2, 0) is 0 Å². The number of benzene rings is 1. The predicted octanol–water partition coefficient (Wildman–Crippen LogP) is 3.68. The van der Waals surface area contributed by atoms with E-state index < -0.39 is 17.9 Å². The van der Waals surface area contributed by atoms with Gasteiger partial charge in [0.2, 0.25) is 6.79 Å². The van der Waals surface area contributed by atoms with E-state index in [1.54, 1.807) is 0 Å². The number of anilines is 1. The van der Waals surface area contributed by atoms with E-state index in [1.807, 2.05) is 13.1 Å². The van der Waals surface area contributed by atoms with Crippen LogP contribution >= 0.6 is 0 Å². The normalized spacial score (nSPS) is 32.6. The number of ether oxygens (including phenoxy) is 2. The fraction of sp³-hybridized carbons (Fsp3) is 0.692. The van der Waals surface area contributed by atoms with Crippen molar-refractivity contribution in [1.82, 2.24) is 21.3 Å². The second kappa shape index (κ2) is 10.4. The first-order chi connectivity index (χ1) is 16.6. The molecule has 5 N–H and O–H groups in total. The van der Waals surface area contributed by atoms with Gasteiger partial charge in [-0.25, -0.2) is 4.39 Å². The highest BCUT2D eigenvalue weighted by molar-refractivity contribution is 5.77. The lowest BCUT2D eigenvalue weighted by molar-refractivity contribution is 0.00567. The molecule has 0 spiro atoms. The first kappa shape index (κ1) is 23.9. The summed E-state index contributed by atoms with van der Waals surface area (Å²) in [6.07, 6.45) is 9.60. The minimum atomic E-state index is -1.03. The van der Waals surface area contributed by atoms with E-state index in [1.165, 1.54) is 31.3 Å². The van der Waals surface area contributed by atoms with Crippen LogP contribution in [0, 0.1) is 5.92 Å². The van der Waals surface area contributed by atoms with Crippen LogP contribution in [0.5, 0.6) is 11.5 Å². The monoisotopic (exact) mass is 473 g/mol. The number of hydrogen-bond donors (Lipinski definition) is 5. The Labute approximate surface area is 202 Å². The van der Waals surface area contributed by atoms with E-state index in [4.69, 9.17) is 9.47 Å². The highest BCUT2D eigenvalue weighted by Crippen LogP contribution is 2.43. The molecular weight excluding hydrogens is 433 g/mol. The molecule has 1 aliphatic carbocycles. The number of nitrogens with one attached hydrogen (secondary N) is 5. The zero-order chi connectivity index (χ0) is 23.5. The Kier molecular flexibility index (Phi) is 7.30. The van der Waals surface area contributed by atoms with Gasteiger partial charge in [-0.15, -0.1) is 0 Å². The number of halogens is 1. The van der Waals surface area contributed by atoms with E-state index >= 15 is 4.39 Å². The Hall–Kier alpha value is -1.87. The fourth-order valence-corrected chi connectivity index (χ4v) is 6.12. The summed E-state index contributed by atoms with van der Waals surface area (Å²) in [7, 11) is 1.82. The van der Waals surface area contributed by atoms with Gasteiger partial charge in [-0.2, -0.15) is 0 Å². The van der Waals surface area contributed by atoms with Crippen molar-refractivity contribution in [3.05, 3.63) is 23.8 Å². The summed E-state index contributed by atoms with van der Waals surface area (Å²) in [6.45, 7) is 4.18. The van der Waals surface area contributed by atoms with Crippen LogP contribution < -0.4 is 36.1 Å². The lowest BCUT2D eigenvalue weighted by Gasteiger charge is -2.51. The van der Waals surface area contributed by atoms with Gasteiger partial charge in [0.05, 0.1) is 11.7 Å². The third-order valence-corrected chi connectivity index (χ3v) is 8.10. The Morgan fingerprint density at radius 2 is 1.91 bits per heavy atom. The number of alkyl halides is 1. The number of hydrogen-bond acceptors (Lipinski definition) is 7. The third kappa shape index (κ3) is 4.78. The molecule has 8 heteroatoms. The van der Waals surface area contributed by atoms with Gasteiger partial charge in [0.15, 0.2) is 11.5 Å². The van der Waals surface area contributed by atoms with E-state index in [0.29, 0.717) is 5.92 Å². The maximum absolute atomic E-state index is 15.8. The summed E-state index contributed by atoms with van der Waals surface area (Å²) in [5.41, 5.74) is 2.67. The molecular formula is C26H40FN5O2. The predicted molar refractivity (Wildman–Crippen MR) is 134 cm³/mol. The molecule has 1 saturated heterocycles. The second-order valence-electron chi connectivity index (χ2n) is 10.3. The zero-order valence-corrected chi connectivity index (χ0v) is 20.5. The van der Waals surface area contributed by atoms with Gasteiger partial charge in [-0.1, -0.05) is 31.8 Å². The lowest BCUT2D eigenvalue weighted by atomic mass is 9.75. The van der Waals surface area contributed by atoms with Gasteiger partial charge in [0, 0.05) is 23.9 Å². The summed E-state index contributed by atoms with van der Waals surface area (Å²) >= 11 is 0. The lowest BCUT2D eigenvalue weighted by Crippen LogP contribution is -2.76. The van der Waals surface area contributed by atoms with Crippen LogP contribution in [0.2, 0.25) is 0 Å². The molecule has 0 bridgehead atoms. The minimum absolute atomic E-state index is 0.238. The first-order valence-electron chi connectivity index (χ1n) is 13.0. The molecule has 3 aliphatic heterocycles. The van der Waals surface area contributed by atoms with Gasteiger partial charge in [-0.3, -0.25) is 10.6 Å². The van der Waals surface area contributed by atoms with Crippen LogP contribution in [0.3, 0.4) is 0 Å². The number of fused-ring (bicyclic) bond motifs is 1. The standard InChI is InChI=1S/C26H40FN5O2/c1-26(18-9-5-3-4-6-10-18)23(27)24(28-2)31-25(32-26)30-19-14-20(17-8-7-12-29-13-11-17)22-21(15-19)33-16-34-22/h11,14-15,18,23-25,28-32H,3-10,12-13,16H2,1-2H3. The quantitative estimate of drug-likeness (QED) is 0.418. The molecule has 0 radical (unpaired) electrons. The van der Waals surface area contributed by atoms with Crippen LogP contribution in [0.15, 0.2) is 18.2 Å². The van der Waals surface area contributed by atoms with Crippen molar-refractivity contribution in [1.29, 1.82) is 0 Å². The molecule has 188 valence electrons. The van der Waals surface area contributed by atoms with E-state index in [-0.39, 0.29) is 13.1 Å². The van der Waals surface area contributed by atoms with Crippen molar-refractivity contribution in [3.63, 3.8) is 0 Å². The van der Waals surface area contributed by atoms with Crippen LogP contribution in [0.4, 0.5) is 10.1 Å². The summed E-state index contributed by atoms with van der Waals surface area (Å²) in [5.74, 6) is 1.89. The van der Waals surface area contributed by atoms with Gasteiger partial charge < -0.3 is 25.4 Å². The second-order valence-corrected chi connectivity index (χ2v) is 10.3. The molecule has 1 saturated carbocycles. The van der Waals surface area contributed by atoms with Gasteiger partial charge in [0.25, 0.3) is 0 Å². The Morgan fingerprint density at radius 3 is 2.71 bits per heavy atom. The average Bonchev–Trinajstić information content (AvgIpc) is 3.03. The Balaban J connectivity index is 1.41. The Bertz CT molecular complexity index is 888. The van der Waals surface area contributed by atoms with Gasteiger partial charge in [0.1, 0.15) is 12.5 Å². The molecule has 1 aromatic carbocycles. The Morgan fingerprint density at radius 1 is 1.09 bits per heavy atom. The molecule has 0 amide bonds. The van der Waals surface area contributed by atoms with Crippen LogP contribution in [-0.4, -0.2) is 51.1 Å². The molecule has 3 heterocycles. The molecule has 7 nitrogen and oxygen atoms in total. The van der Waals surface area contributed by atoms with Crippen molar-refractivity contribution >= 4 is 11.3 Å². The summed E-state index contributed by atoms with van der Waals surface area (Å²) in [5, 5.41) is 17.2. The summed E-state index contributed by atoms with van der Waals surface area (Å²) in [4.78, 5) is 0. The smallest absolute Gasteiger partial charge is 0.231 e. The van der Waals surface area contributed by atoms with Gasteiger partial charge in [-0.05, 0) is 63.8 Å².